The first-order valence-electron chi connectivity index (χ1n) is 13.3. The molecule has 2 amide bonds. The van der Waals surface area contributed by atoms with E-state index in [1.54, 1.807) is 13.1 Å². The van der Waals surface area contributed by atoms with Crippen LogP contribution in [0, 0.1) is 11.7 Å². The molecule has 3 aromatic rings. The maximum atomic E-state index is 13.9. The molecule has 11 heteroatoms. The molecule has 202 valence electrons. The summed E-state index contributed by atoms with van der Waals surface area (Å²) in [6.07, 6.45) is 9.16. The topological polar surface area (TPSA) is 100 Å². The number of piperazine rings is 1. The second kappa shape index (κ2) is 11.7. The molecule has 1 aromatic carbocycles. The molecule has 9 nitrogen and oxygen atoms in total. The van der Waals surface area contributed by atoms with Crippen LogP contribution in [0.15, 0.2) is 35.5 Å². The summed E-state index contributed by atoms with van der Waals surface area (Å²) in [5.74, 6) is -0.400. The van der Waals surface area contributed by atoms with Crippen molar-refractivity contribution in [1.29, 1.82) is 0 Å². The van der Waals surface area contributed by atoms with Crippen molar-refractivity contribution >= 4 is 39.2 Å². The first kappa shape index (κ1) is 26.4. The number of hydrogen-bond donors (Lipinski definition) is 1. The Balaban J connectivity index is 1.32. The number of amides is 2. The van der Waals surface area contributed by atoms with Gasteiger partial charge in [0.25, 0.3) is 5.56 Å². The lowest BCUT2D eigenvalue weighted by Gasteiger charge is -2.33. The van der Waals surface area contributed by atoms with Crippen LogP contribution in [-0.2, 0) is 16.1 Å². The highest BCUT2D eigenvalue weighted by Crippen LogP contribution is 2.31. The summed E-state index contributed by atoms with van der Waals surface area (Å²) in [6, 6.07) is 3.16. The number of hydrogen-bond acceptors (Lipinski definition) is 7. The van der Waals surface area contributed by atoms with Gasteiger partial charge in [-0.05, 0) is 30.5 Å². The Labute approximate surface area is 224 Å². The minimum Gasteiger partial charge on any atom is -0.340 e. The fraction of sp³-hybridized carbons (Fsp3) is 0.519. The van der Waals surface area contributed by atoms with Gasteiger partial charge in [0.05, 0.1) is 17.2 Å². The summed E-state index contributed by atoms with van der Waals surface area (Å²) < 4.78 is 15.3. The van der Waals surface area contributed by atoms with Crippen LogP contribution in [0.2, 0.25) is 0 Å². The number of carbonyl (C=O) groups excluding carboxylic acids is 2. The first-order valence-corrected chi connectivity index (χ1v) is 14.1. The van der Waals surface area contributed by atoms with Crippen LogP contribution < -0.4 is 10.9 Å². The molecule has 1 aliphatic carbocycles. The van der Waals surface area contributed by atoms with Gasteiger partial charge in [-0.2, -0.15) is 0 Å². The van der Waals surface area contributed by atoms with E-state index in [2.05, 4.69) is 20.2 Å². The van der Waals surface area contributed by atoms with Crippen LogP contribution in [0.3, 0.4) is 0 Å². The SMILES string of the molecule is CC(=O)N1CCN(Cc2cnc(NC(=O)C(CC3CCCCC3)n3cnc4ccc(F)cc4c3=O)s2)CC1. The lowest BCUT2D eigenvalue weighted by Crippen LogP contribution is -2.47. The molecule has 0 radical (unpaired) electrons. The molecule has 1 aliphatic heterocycles. The highest BCUT2D eigenvalue weighted by molar-refractivity contribution is 7.15. The molecule has 0 bridgehead atoms. The van der Waals surface area contributed by atoms with Crippen LogP contribution in [0.25, 0.3) is 10.9 Å². The first-order chi connectivity index (χ1) is 18.4. The van der Waals surface area contributed by atoms with E-state index in [9.17, 15) is 18.8 Å². The second-order valence-corrected chi connectivity index (χ2v) is 11.4. The zero-order chi connectivity index (χ0) is 26.6. The average molecular weight is 541 g/mol. The van der Waals surface area contributed by atoms with Crippen molar-refractivity contribution < 1.29 is 14.0 Å². The third-order valence-corrected chi connectivity index (χ3v) is 8.54. The Morgan fingerprint density at radius 2 is 1.89 bits per heavy atom. The number of carbonyl (C=O) groups is 2. The van der Waals surface area contributed by atoms with Crippen LogP contribution in [0.5, 0.6) is 0 Å². The number of nitrogens with zero attached hydrogens (tertiary/aromatic N) is 5. The standard InChI is InChI=1S/C27H33FN6O3S/c1-18(35)33-11-9-32(10-12-33)16-21-15-29-27(38-21)31-25(36)24(13-19-5-3-2-4-6-19)34-17-30-23-8-7-20(28)14-22(23)26(34)37/h7-8,14-15,17,19,24H,2-6,9-13,16H2,1H3,(H,29,31,36). The van der Waals surface area contributed by atoms with E-state index in [0.29, 0.717) is 42.6 Å². The van der Waals surface area contributed by atoms with Crippen molar-refractivity contribution in [3.05, 3.63) is 51.8 Å². The number of benzene rings is 1. The second-order valence-electron chi connectivity index (χ2n) is 10.3. The lowest BCUT2D eigenvalue weighted by molar-refractivity contribution is -0.130. The molecule has 1 atom stereocenters. The minimum absolute atomic E-state index is 0.0982. The number of rotatable bonds is 7. The summed E-state index contributed by atoms with van der Waals surface area (Å²) >= 11 is 1.41. The molecule has 1 saturated heterocycles. The van der Waals surface area contributed by atoms with Crippen molar-refractivity contribution in [2.45, 2.75) is 58.0 Å². The summed E-state index contributed by atoms with van der Waals surface area (Å²) in [5, 5.41) is 3.57. The van der Waals surface area contributed by atoms with Crippen molar-refractivity contribution in [2.24, 2.45) is 5.92 Å². The zero-order valence-corrected chi connectivity index (χ0v) is 22.4. The van der Waals surface area contributed by atoms with Gasteiger partial charge in [-0.3, -0.25) is 23.9 Å². The van der Waals surface area contributed by atoms with Crippen molar-refractivity contribution in [3.63, 3.8) is 0 Å². The number of thiazole rings is 1. The van der Waals surface area contributed by atoms with Gasteiger partial charge in [0, 0.05) is 50.7 Å². The maximum Gasteiger partial charge on any atom is 0.262 e. The maximum absolute atomic E-state index is 13.9. The van der Waals surface area contributed by atoms with Crippen LogP contribution in [-0.4, -0.2) is 62.3 Å². The predicted octanol–water partition coefficient (Wildman–Crippen LogP) is 3.81. The van der Waals surface area contributed by atoms with Crippen LogP contribution in [0.1, 0.15) is 56.4 Å². The molecule has 38 heavy (non-hydrogen) atoms. The van der Waals surface area contributed by atoms with Gasteiger partial charge in [0.1, 0.15) is 11.9 Å². The van der Waals surface area contributed by atoms with E-state index in [4.69, 9.17) is 0 Å². The summed E-state index contributed by atoms with van der Waals surface area (Å²) in [4.78, 5) is 52.4. The monoisotopic (exact) mass is 540 g/mol. The molecule has 2 fully saturated rings. The molecule has 3 heterocycles. The summed E-state index contributed by atoms with van der Waals surface area (Å²) in [7, 11) is 0. The number of aromatic nitrogens is 3. The Kier molecular flexibility index (Phi) is 8.13. The fourth-order valence-corrected chi connectivity index (χ4v) is 6.34. The van der Waals surface area contributed by atoms with Gasteiger partial charge < -0.3 is 10.2 Å². The molecule has 5 rings (SSSR count). The Morgan fingerprint density at radius 1 is 1.13 bits per heavy atom. The Morgan fingerprint density at radius 3 is 2.63 bits per heavy atom. The quantitative estimate of drug-likeness (QED) is 0.489. The van der Waals surface area contributed by atoms with Crippen molar-refractivity contribution in [3.8, 4) is 0 Å². The molecular weight excluding hydrogens is 507 g/mol. The van der Waals surface area contributed by atoms with Crippen LogP contribution >= 0.6 is 11.3 Å². The molecule has 1 unspecified atom stereocenters. The van der Waals surface area contributed by atoms with Gasteiger partial charge in [-0.1, -0.05) is 32.1 Å². The molecule has 1 N–H and O–H groups in total. The third-order valence-electron chi connectivity index (χ3n) is 7.65. The lowest BCUT2D eigenvalue weighted by atomic mass is 9.84. The van der Waals surface area contributed by atoms with Gasteiger partial charge in [0.2, 0.25) is 11.8 Å². The molecule has 1 saturated carbocycles. The van der Waals surface area contributed by atoms with Crippen LogP contribution in [0.4, 0.5) is 9.52 Å². The van der Waals surface area contributed by atoms with E-state index < -0.39 is 17.4 Å². The molecule has 0 spiro atoms. The average Bonchev–Trinajstić information content (AvgIpc) is 3.35. The smallest absolute Gasteiger partial charge is 0.262 e. The number of fused-ring (bicyclic) bond motifs is 1. The Hall–Kier alpha value is -3.18. The molecule has 2 aliphatic rings. The molecular formula is C27H33FN6O3S. The van der Waals surface area contributed by atoms with E-state index in [-0.39, 0.29) is 17.2 Å². The largest absolute Gasteiger partial charge is 0.340 e. The number of anilines is 1. The van der Waals surface area contributed by atoms with E-state index in [1.165, 1.54) is 46.9 Å². The third kappa shape index (κ3) is 6.10. The highest BCUT2D eigenvalue weighted by Gasteiger charge is 2.28. The van der Waals surface area contributed by atoms with Crippen molar-refractivity contribution in [2.75, 3.05) is 31.5 Å². The zero-order valence-electron chi connectivity index (χ0n) is 21.6. The van der Waals surface area contributed by atoms with Gasteiger partial charge in [-0.15, -0.1) is 11.3 Å². The van der Waals surface area contributed by atoms with Gasteiger partial charge in [-0.25, -0.2) is 14.4 Å². The Bertz CT molecular complexity index is 1360. The molecule has 2 aromatic heterocycles. The van der Waals surface area contributed by atoms with E-state index >= 15 is 0 Å². The van der Waals surface area contributed by atoms with E-state index in [1.807, 2.05) is 4.90 Å². The summed E-state index contributed by atoms with van der Waals surface area (Å²) in [6.45, 7) is 5.29. The predicted molar refractivity (Wildman–Crippen MR) is 144 cm³/mol. The normalized spacial score (nSPS) is 18.0. The van der Waals surface area contributed by atoms with Crippen molar-refractivity contribution in [1.82, 2.24) is 24.3 Å². The minimum atomic E-state index is -0.766. The number of halogens is 1. The fourth-order valence-electron chi connectivity index (χ4n) is 5.48. The summed E-state index contributed by atoms with van der Waals surface area (Å²) in [5.41, 5.74) is -0.0202. The van der Waals surface area contributed by atoms with Gasteiger partial charge in [0.15, 0.2) is 5.13 Å². The van der Waals surface area contributed by atoms with E-state index in [0.717, 1.165) is 43.6 Å². The highest BCUT2D eigenvalue weighted by atomic mass is 32.1. The number of nitrogens with one attached hydrogen (secondary N) is 1. The van der Waals surface area contributed by atoms with Gasteiger partial charge >= 0.3 is 0 Å².